The SMILES string of the molecule is NC(=NC(=O)c1nc(Cl)c(N)nc1N)NC(=O)CCCCCN=C(N)NC(=O)c1nc(Cl)c(N)nc1N. The van der Waals surface area contributed by atoms with Gasteiger partial charge in [-0.3, -0.25) is 30.0 Å². The fourth-order valence-electron chi connectivity index (χ4n) is 2.59. The zero-order valence-corrected chi connectivity index (χ0v) is 20.7. The molecule has 0 saturated heterocycles. The highest BCUT2D eigenvalue weighted by atomic mass is 35.5. The number of aliphatic imine (C=N–C) groups is 2. The van der Waals surface area contributed by atoms with Crippen molar-refractivity contribution >= 4 is 76.1 Å². The quantitative estimate of drug-likeness (QED) is 0.108. The second-order valence-electron chi connectivity index (χ2n) is 7.15. The Balaban J connectivity index is 1.73. The van der Waals surface area contributed by atoms with Gasteiger partial charge < -0.3 is 34.4 Å². The summed E-state index contributed by atoms with van der Waals surface area (Å²) in [5.41, 5.74) is 32.7. The molecule has 0 fully saturated rings. The molecule has 14 N–H and O–H groups in total. The van der Waals surface area contributed by atoms with Gasteiger partial charge in [0, 0.05) is 13.0 Å². The predicted molar refractivity (Wildman–Crippen MR) is 138 cm³/mol. The Hall–Kier alpha value is -4.51. The van der Waals surface area contributed by atoms with Crippen molar-refractivity contribution in [1.29, 1.82) is 0 Å². The first-order chi connectivity index (χ1) is 17.4. The molecule has 0 atom stereocenters. The zero-order valence-electron chi connectivity index (χ0n) is 19.2. The van der Waals surface area contributed by atoms with E-state index in [1.54, 1.807) is 0 Å². The van der Waals surface area contributed by atoms with E-state index in [0.29, 0.717) is 19.3 Å². The molecule has 0 aliphatic heterocycles. The first-order valence-corrected chi connectivity index (χ1v) is 11.1. The number of nitrogens with one attached hydrogen (secondary N) is 2. The molecule has 198 valence electrons. The molecular formula is C18H24Cl2N14O3. The highest BCUT2D eigenvalue weighted by Crippen LogP contribution is 2.18. The minimum absolute atomic E-state index is 0.0891. The van der Waals surface area contributed by atoms with Crippen molar-refractivity contribution in [3.05, 3.63) is 21.7 Å². The Bertz CT molecular complexity index is 1270. The molecule has 0 aliphatic carbocycles. The summed E-state index contributed by atoms with van der Waals surface area (Å²) in [4.78, 5) is 58.6. The van der Waals surface area contributed by atoms with Gasteiger partial charge in [0.1, 0.15) is 0 Å². The van der Waals surface area contributed by atoms with Crippen LogP contribution in [0, 0.1) is 0 Å². The Morgan fingerprint density at radius 1 is 0.730 bits per heavy atom. The molecule has 3 amide bonds. The van der Waals surface area contributed by atoms with Crippen LogP contribution in [0.25, 0.3) is 0 Å². The molecule has 37 heavy (non-hydrogen) atoms. The summed E-state index contributed by atoms with van der Waals surface area (Å²) in [6.45, 7) is 0.266. The lowest BCUT2D eigenvalue weighted by Crippen LogP contribution is -2.38. The minimum Gasteiger partial charge on any atom is -0.382 e. The highest BCUT2D eigenvalue weighted by Gasteiger charge is 2.17. The number of aromatic nitrogens is 4. The van der Waals surface area contributed by atoms with Gasteiger partial charge in [-0.15, -0.1) is 0 Å². The maximum absolute atomic E-state index is 12.2. The van der Waals surface area contributed by atoms with Crippen molar-refractivity contribution in [1.82, 2.24) is 30.6 Å². The van der Waals surface area contributed by atoms with Gasteiger partial charge in [-0.25, -0.2) is 19.9 Å². The third kappa shape index (κ3) is 8.58. The van der Waals surface area contributed by atoms with Crippen molar-refractivity contribution in [2.24, 2.45) is 21.5 Å². The van der Waals surface area contributed by atoms with E-state index in [0.717, 1.165) is 0 Å². The van der Waals surface area contributed by atoms with Crippen LogP contribution in [-0.4, -0.2) is 56.1 Å². The van der Waals surface area contributed by atoms with Gasteiger partial charge in [0.05, 0.1) is 0 Å². The molecular weight excluding hydrogens is 531 g/mol. The molecule has 17 nitrogen and oxygen atoms in total. The van der Waals surface area contributed by atoms with Gasteiger partial charge in [0.25, 0.3) is 5.91 Å². The van der Waals surface area contributed by atoms with E-state index in [9.17, 15) is 14.4 Å². The summed E-state index contributed by atoms with van der Waals surface area (Å²) in [5.74, 6) is -3.57. The molecule has 2 rings (SSSR count). The number of guanidine groups is 2. The van der Waals surface area contributed by atoms with Crippen molar-refractivity contribution in [3.8, 4) is 0 Å². The highest BCUT2D eigenvalue weighted by molar-refractivity contribution is 6.32. The van der Waals surface area contributed by atoms with Crippen LogP contribution >= 0.6 is 23.2 Å². The number of unbranched alkanes of at least 4 members (excludes halogenated alkanes) is 2. The first kappa shape index (κ1) is 28.7. The zero-order chi connectivity index (χ0) is 27.7. The molecule has 19 heteroatoms. The van der Waals surface area contributed by atoms with Crippen LogP contribution in [0.2, 0.25) is 10.3 Å². The number of amides is 3. The number of carbonyl (C=O) groups is 3. The van der Waals surface area contributed by atoms with Gasteiger partial charge in [0.2, 0.25) is 11.9 Å². The van der Waals surface area contributed by atoms with Gasteiger partial charge in [-0.1, -0.05) is 29.6 Å². The third-order valence-corrected chi connectivity index (χ3v) is 4.86. The molecule has 0 unspecified atom stereocenters. The van der Waals surface area contributed by atoms with Crippen LogP contribution in [0.15, 0.2) is 9.98 Å². The summed E-state index contributed by atoms with van der Waals surface area (Å²) in [6, 6.07) is 0. The number of nitrogens with two attached hydrogens (primary N) is 6. The summed E-state index contributed by atoms with van der Waals surface area (Å²) >= 11 is 11.5. The molecule has 0 aliphatic rings. The van der Waals surface area contributed by atoms with Crippen LogP contribution in [-0.2, 0) is 4.79 Å². The van der Waals surface area contributed by atoms with E-state index in [1.165, 1.54) is 0 Å². The van der Waals surface area contributed by atoms with Gasteiger partial charge >= 0.3 is 5.91 Å². The van der Waals surface area contributed by atoms with Crippen molar-refractivity contribution in [2.75, 3.05) is 29.5 Å². The van der Waals surface area contributed by atoms with Crippen molar-refractivity contribution in [3.63, 3.8) is 0 Å². The molecule has 2 heterocycles. The van der Waals surface area contributed by atoms with Crippen LogP contribution in [0.4, 0.5) is 23.3 Å². The lowest BCUT2D eigenvalue weighted by molar-refractivity contribution is -0.119. The topological polar surface area (TPSA) is 308 Å². The molecule has 0 aromatic carbocycles. The monoisotopic (exact) mass is 554 g/mol. The maximum Gasteiger partial charge on any atom is 0.302 e. The second kappa shape index (κ2) is 13.0. The van der Waals surface area contributed by atoms with E-state index in [4.69, 9.17) is 57.6 Å². The van der Waals surface area contributed by atoms with Gasteiger partial charge in [-0.2, -0.15) is 4.99 Å². The number of hydrogen-bond acceptors (Lipinski definition) is 12. The van der Waals surface area contributed by atoms with Crippen LogP contribution in [0.5, 0.6) is 0 Å². The number of hydrogen-bond donors (Lipinski definition) is 8. The molecule has 2 aromatic rings. The number of anilines is 4. The smallest absolute Gasteiger partial charge is 0.302 e. The molecule has 0 bridgehead atoms. The summed E-state index contributed by atoms with van der Waals surface area (Å²) in [5, 5.41) is 4.18. The number of carbonyl (C=O) groups excluding carboxylic acids is 3. The second-order valence-corrected chi connectivity index (χ2v) is 7.87. The average molecular weight is 555 g/mol. The standard InChI is InChI=1S/C18H24Cl2N14O3/c19-9-13(23)31-11(21)7(29-9)15(36)33-17(25)27-5-3-1-2-4-6(35)28-18(26)34-16(37)8-12(22)32-14(24)10(20)30-8/h1-5H2,(H4,21,23,31)(H4,22,24,32)(H3,25,27,33,36)(H3,26,28,34,35,37). The van der Waals surface area contributed by atoms with Crippen molar-refractivity contribution in [2.45, 2.75) is 25.7 Å². The van der Waals surface area contributed by atoms with E-state index in [1.807, 2.05) is 0 Å². The fourth-order valence-corrected chi connectivity index (χ4v) is 2.85. The van der Waals surface area contributed by atoms with E-state index >= 15 is 0 Å². The van der Waals surface area contributed by atoms with Crippen molar-refractivity contribution < 1.29 is 14.4 Å². The van der Waals surface area contributed by atoms with Gasteiger partial charge in [-0.05, 0) is 12.8 Å². The summed E-state index contributed by atoms with van der Waals surface area (Å²) < 4.78 is 0. The van der Waals surface area contributed by atoms with E-state index in [2.05, 4.69) is 40.6 Å². The predicted octanol–water partition coefficient (Wildman–Crippen LogP) is -1.22. The number of halogens is 2. The first-order valence-electron chi connectivity index (χ1n) is 10.4. The normalized spacial score (nSPS) is 11.7. The molecule has 0 saturated carbocycles. The van der Waals surface area contributed by atoms with Crippen LogP contribution in [0.3, 0.4) is 0 Å². The van der Waals surface area contributed by atoms with Crippen LogP contribution < -0.4 is 45.0 Å². The fraction of sp³-hybridized carbons (Fsp3) is 0.278. The molecule has 0 spiro atoms. The Morgan fingerprint density at radius 3 is 1.92 bits per heavy atom. The molecule has 2 aromatic heterocycles. The Labute approximate surface area is 219 Å². The number of rotatable bonds is 8. The van der Waals surface area contributed by atoms with Crippen LogP contribution in [0.1, 0.15) is 46.7 Å². The minimum atomic E-state index is -0.957. The lowest BCUT2D eigenvalue weighted by Gasteiger charge is -2.07. The summed E-state index contributed by atoms with van der Waals surface area (Å²) in [6.07, 6.45) is 1.70. The number of nitrogen functional groups attached to an aromatic ring is 4. The summed E-state index contributed by atoms with van der Waals surface area (Å²) in [7, 11) is 0. The Morgan fingerprint density at radius 2 is 1.30 bits per heavy atom. The van der Waals surface area contributed by atoms with Gasteiger partial charge in [0.15, 0.2) is 50.9 Å². The largest absolute Gasteiger partial charge is 0.382 e. The third-order valence-electron chi connectivity index (χ3n) is 4.30. The number of nitrogens with zero attached hydrogens (tertiary/aromatic N) is 6. The maximum atomic E-state index is 12.2. The van der Waals surface area contributed by atoms with E-state index in [-0.39, 0.29) is 63.9 Å². The molecule has 0 radical (unpaired) electrons. The average Bonchev–Trinajstić information content (AvgIpc) is 2.80. The Kier molecular flexibility index (Phi) is 10.1. The van der Waals surface area contributed by atoms with E-state index < -0.39 is 23.7 Å². The lowest BCUT2D eigenvalue weighted by atomic mass is 10.2.